The van der Waals surface area contributed by atoms with Gasteiger partial charge in [0.1, 0.15) is 5.78 Å². The second kappa shape index (κ2) is 8.94. The number of anilines is 2. The number of para-hydroxylation sites is 3. The zero-order chi connectivity index (χ0) is 22.1. The molecule has 3 aromatic rings. The quantitative estimate of drug-likeness (QED) is 0.602. The summed E-state index contributed by atoms with van der Waals surface area (Å²) in [6, 6.07) is 15.3. The highest BCUT2D eigenvalue weighted by molar-refractivity contribution is 5.84. The number of benzene rings is 2. The Bertz CT molecular complexity index is 1110. The summed E-state index contributed by atoms with van der Waals surface area (Å²) >= 11 is 0. The summed E-state index contributed by atoms with van der Waals surface area (Å²) in [5.74, 6) is 1.35. The molecule has 0 saturated carbocycles. The number of hydrogen-bond donors (Lipinski definition) is 2. The molecule has 6 nitrogen and oxygen atoms in total. The molecule has 5 rings (SSSR count). The molecule has 0 aliphatic carbocycles. The first-order chi connectivity index (χ1) is 15.6. The highest BCUT2D eigenvalue weighted by Crippen LogP contribution is 2.34. The van der Waals surface area contributed by atoms with Crippen molar-refractivity contribution in [2.24, 2.45) is 5.92 Å². The number of piperidine rings is 1. The van der Waals surface area contributed by atoms with Gasteiger partial charge in [-0.15, -0.1) is 0 Å². The number of likely N-dealkylation sites (tertiary alicyclic amines) is 1. The number of nitrogens with one attached hydrogen (secondary N) is 2. The van der Waals surface area contributed by atoms with Crippen LogP contribution in [0.25, 0.3) is 16.7 Å². The summed E-state index contributed by atoms with van der Waals surface area (Å²) in [4.78, 5) is 19.4. The number of carbonyl (C=O) groups is 1. The maximum Gasteiger partial charge on any atom is 0.208 e. The van der Waals surface area contributed by atoms with E-state index in [9.17, 15) is 4.79 Å². The van der Waals surface area contributed by atoms with E-state index in [0.717, 1.165) is 55.9 Å². The van der Waals surface area contributed by atoms with Crippen LogP contribution >= 0.6 is 0 Å². The van der Waals surface area contributed by atoms with Crippen molar-refractivity contribution in [3.8, 4) is 5.69 Å². The van der Waals surface area contributed by atoms with E-state index >= 15 is 0 Å². The van der Waals surface area contributed by atoms with Gasteiger partial charge in [0, 0.05) is 31.6 Å². The molecule has 1 fully saturated rings. The first kappa shape index (κ1) is 21.0. The average Bonchev–Trinajstić information content (AvgIpc) is 3.17. The summed E-state index contributed by atoms with van der Waals surface area (Å²) in [6.07, 6.45) is 4.31. The van der Waals surface area contributed by atoms with E-state index in [4.69, 9.17) is 4.98 Å². The van der Waals surface area contributed by atoms with Crippen molar-refractivity contribution in [1.82, 2.24) is 14.5 Å². The molecule has 0 bridgehead atoms. The van der Waals surface area contributed by atoms with Crippen LogP contribution < -0.4 is 10.6 Å². The SMILES string of the molecule is CC(C)C(=O)CN1CCC(Nc2nc3ccccc3n2-c2cccc3c2NCCC3)CC1. The van der Waals surface area contributed by atoms with Crippen molar-refractivity contribution in [1.29, 1.82) is 0 Å². The summed E-state index contributed by atoms with van der Waals surface area (Å²) in [7, 11) is 0. The first-order valence-corrected chi connectivity index (χ1v) is 12.0. The Morgan fingerprint density at radius 3 is 2.78 bits per heavy atom. The van der Waals surface area contributed by atoms with E-state index in [2.05, 4.69) is 56.5 Å². The van der Waals surface area contributed by atoms with Crippen LogP contribution in [0.1, 0.15) is 38.7 Å². The van der Waals surface area contributed by atoms with Crippen LogP contribution in [0.15, 0.2) is 42.5 Å². The van der Waals surface area contributed by atoms with Gasteiger partial charge >= 0.3 is 0 Å². The van der Waals surface area contributed by atoms with E-state index in [0.29, 0.717) is 18.4 Å². The lowest BCUT2D eigenvalue weighted by atomic mass is 10.0. The van der Waals surface area contributed by atoms with Gasteiger partial charge in [0.15, 0.2) is 0 Å². The Kier molecular flexibility index (Phi) is 5.87. The van der Waals surface area contributed by atoms with Crippen LogP contribution in [0.3, 0.4) is 0 Å². The molecule has 0 spiro atoms. The molecule has 0 atom stereocenters. The van der Waals surface area contributed by atoms with E-state index < -0.39 is 0 Å². The van der Waals surface area contributed by atoms with Gasteiger partial charge in [0.2, 0.25) is 5.95 Å². The van der Waals surface area contributed by atoms with Crippen LogP contribution in [-0.2, 0) is 11.2 Å². The van der Waals surface area contributed by atoms with Crippen molar-refractivity contribution < 1.29 is 4.79 Å². The molecule has 168 valence electrons. The number of fused-ring (bicyclic) bond motifs is 2. The zero-order valence-corrected chi connectivity index (χ0v) is 19.1. The lowest BCUT2D eigenvalue weighted by Crippen LogP contribution is -2.42. The van der Waals surface area contributed by atoms with Gasteiger partial charge in [-0.3, -0.25) is 14.3 Å². The number of aromatic nitrogens is 2. The van der Waals surface area contributed by atoms with Gasteiger partial charge in [-0.1, -0.05) is 38.1 Å². The van der Waals surface area contributed by atoms with Gasteiger partial charge in [-0.05, 0) is 49.4 Å². The minimum atomic E-state index is 0.108. The monoisotopic (exact) mass is 431 g/mol. The van der Waals surface area contributed by atoms with Crippen molar-refractivity contribution in [3.63, 3.8) is 0 Å². The number of imidazole rings is 1. The number of nitrogens with zero attached hydrogens (tertiary/aromatic N) is 3. The number of aryl methyl sites for hydroxylation is 1. The molecule has 0 unspecified atom stereocenters. The maximum absolute atomic E-state index is 12.1. The predicted molar refractivity (Wildman–Crippen MR) is 131 cm³/mol. The van der Waals surface area contributed by atoms with E-state index in [1.54, 1.807) is 0 Å². The molecule has 2 aliphatic heterocycles. The molecule has 2 N–H and O–H groups in total. The number of rotatable bonds is 6. The Balaban J connectivity index is 1.41. The van der Waals surface area contributed by atoms with Crippen LogP contribution in [-0.4, -0.2) is 52.5 Å². The summed E-state index contributed by atoms with van der Waals surface area (Å²) in [5, 5.41) is 7.39. The lowest BCUT2D eigenvalue weighted by Gasteiger charge is -2.32. The number of hydrogen-bond acceptors (Lipinski definition) is 5. The van der Waals surface area contributed by atoms with E-state index in [1.165, 1.54) is 23.4 Å². The lowest BCUT2D eigenvalue weighted by molar-refractivity contribution is -0.123. The van der Waals surface area contributed by atoms with E-state index in [1.807, 2.05) is 19.9 Å². The highest BCUT2D eigenvalue weighted by atomic mass is 16.1. The number of carbonyl (C=O) groups excluding carboxylic acids is 1. The van der Waals surface area contributed by atoms with Crippen molar-refractivity contribution in [2.45, 2.75) is 45.6 Å². The van der Waals surface area contributed by atoms with Crippen LogP contribution in [0.5, 0.6) is 0 Å². The third-order valence-corrected chi connectivity index (χ3v) is 6.80. The number of ketones is 1. The molecule has 32 heavy (non-hydrogen) atoms. The fraction of sp³-hybridized carbons (Fsp3) is 0.462. The molecule has 2 aliphatic rings. The molecule has 0 radical (unpaired) electrons. The minimum Gasteiger partial charge on any atom is -0.383 e. The summed E-state index contributed by atoms with van der Waals surface area (Å²) < 4.78 is 2.28. The third-order valence-electron chi connectivity index (χ3n) is 6.80. The fourth-order valence-electron chi connectivity index (χ4n) is 4.87. The fourth-order valence-corrected chi connectivity index (χ4v) is 4.87. The van der Waals surface area contributed by atoms with Gasteiger partial charge < -0.3 is 10.6 Å². The Morgan fingerprint density at radius 1 is 1.16 bits per heavy atom. The Morgan fingerprint density at radius 2 is 1.97 bits per heavy atom. The average molecular weight is 432 g/mol. The Labute approximate surface area is 190 Å². The number of Topliss-reactive ketones (excluding diaryl/α,β-unsaturated/α-hetero) is 1. The van der Waals surface area contributed by atoms with Gasteiger partial charge in [-0.2, -0.15) is 0 Å². The second-order valence-electron chi connectivity index (χ2n) is 9.42. The standard InChI is InChI=1S/C26H33N5O/c1-18(2)24(32)17-30-15-12-20(13-16-30)28-26-29-21-9-3-4-10-22(21)31(26)23-11-5-7-19-8-6-14-27-25(19)23/h3-5,7,9-11,18,20,27H,6,8,12-17H2,1-2H3,(H,28,29). The van der Waals surface area contributed by atoms with Gasteiger partial charge in [0.25, 0.3) is 0 Å². The molecule has 1 aromatic heterocycles. The minimum absolute atomic E-state index is 0.108. The predicted octanol–water partition coefficient (Wildman–Crippen LogP) is 4.49. The van der Waals surface area contributed by atoms with Crippen molar-refractivity contribution >= 4 is 28.5 Å². The molecule has 3 heterocycles. The zero-order valence-electron chi connectivity index (χ0n) is 19.1. The second-order valence-corrected chi connectivity index (χ2v) is 9.42. The molecular formula is C26H33N5O. The Hall–Kier alpha value is -2.86. The molecule has 0 amide bonds. The smallest absolute Gasteiger partial charge is 0.208 e. The third kappa shape index (κ3) is 4.11. The molecule has 1 saturated heterocycles. The van der Waals surface area contributed by atoms with Gasteiger partial charge in [-0.25, -0.2) is 4.98 Å². The van der Waals surface area contributed by atoms with Crippen LogP contribution in [0.2, 0.25) is 0 Å². The molecule has 6 heteroatoms. The van der Waals surface area contributed by atoms with E-state index in [-0.39, 0.29) is 5.92 Å². The molecule has 2 aromatic carbocycles. The summed E-state index contributed by atoms with van der Waals surface area (Å²) in [6.45, 7) is 7.44. The van der Waals surface area contributed by atoms with Crippen LogP contribution in [0, 0.1) is 5.92 Å². The molecular weight excluding hydrogens is 398 g/mol. The maximum atomic E-state index is 12.1. The van der Waals surface area contributed by atoms with Gasteiger partial charge in [0.05, 0.1) is 29.0 Å². The first-order valence-electron chi connectivity index (χ1n) is 12.0. The summed E-state index contributed by atoms with van der Waals surface area (Å²) in [5.41, 5.74) is 5.89. The highest BCUT2D eigenvalue weighted by Gasteiger charge is 2.24. The largest absolute Gasteiger partial charge is 0.383 e. The normalized spacial score (nSPS) is 17.3. The van der Waals surface area contributed by atoms with Crippen LogP contribution in [0.4, 0.5) is 11.6 Å². The van der Waals surface area contributed by atoms with Crippen molar-refractivity contribution in [2.75, 3.05) is 36.8 Å². The topological polar surface area (TPSA) is 62.2 Å². The van der Waals surface area contributed by atoms with Crippen molar-refractivity contribution in [3.05, 3.63) is 48.0 Å².